The Bertz CT molecular complexity index is 722. The van der Waals surface area contributed by atoms with Gasteiger partial charge >= 0.3 is 17.9 Å². The number of methoxy groups -OCH3 is 1. The van der Waals surface area contributed by atoms with Gasteiger partial charge in [0.05, 0.1) is 27.0 Å². The number of carbonyl (C=O) groups excluding carboxylic acids is 3. The fraction of sp³-hybridized carbons (Fsp3) is 0.625. The molecule has 1 fully saturated rings. The summed E-state index contributed by atoms with van der Waals surface area (Å²) >= 11 is 1.18. The topological polar surface area (TPSA) is 91.4 Å². The van der Waals surface area contributed by atoms with E-state index in [1.165, 1.54) is 30.5 Å². The standard InChI is InChI=1S/C16H21N4O4S/c1-19-13-11(15(22)20(2)16(19)23)14(25-8-10(21)24-3)18-12(17-13)9-6-4-5-7-9/h9,11H,4-8H2,1-3H3/q+1. The Labute approximate surface area is 150 Å². The number of amidine groups is 2. The van der Waals surface area contributed by atoms with Gasteiger partial charge in [-0.1, -0.05) is 29.6 Å². The van der Waals surface area contributed by atoms with E-state index in [2.05, 4.69) is 14.7 Å². The van der Waals surface area contributed by atoms with Crippen LogP contribution in [-0.4, -0.2) is 71.1 Å². The van der Waals surface area contributed by atoms with E-state index in [0.717, 1.165) is 30.6 Å². The lowest BCUT2D eigenvalue weighted by molar-refractivity contribution is -0.407. The van der Waals surface area contributed by atoms with Gasteiger partial charge < -0.3 is 4.74 Å². The zero-order chi connectivity index (χ0) is 18.1. The Balaban J connectivity index is 2.01. The second-order valence-corrected chi connectivity index (χ2v) is 7.29. The molecule has 3 aliphatic rings. The number of fused-ring (bicyclic) bond motifs is 1. The molecule has 0 aromatic carbocycles. The van der Waals surface area contributed by atoms with E-state index in [4.69, 9.17) is 0 Å². The number of amides is 3. The van der Waals surface area contributed by atoms with Crippen LogP contribution < -0.4 is 0 Å². The minimum absolute atomic E-state index is 0.0612. The number of hydrogen-bond acceptors (Lipinski definition) is 7. The monoisotopic (exact) mass is 365 g/mol. The first-order valence-electron chi connectivity index (χ1n) is 8.23. The Hall–Kier alpha value is -2.03. The van der Waals surface area contributed by atoms with Gasteiger partial charge in [0.2, 0.25) is 5.84 Å². The van der Waals surface area contributed by atoms with Crippen LogP contribution in [0.15, 0.2) is 9.98 Å². The van der Waals surface area contributed by atoms with Gasteiger partial charge in [0, 0.05) is 5.92 Å². The first-order valence-corrected chi connectivity index (χ1v) is 9.21. The Morgan fingerprint density at radius 3 is 2.64 bits per heavy atom. The second kappa shape index (κ2) is 7.07. The van der Waals surface area contributed by atoms with E-state index in [1.54, 1.807) is 7.05 Å². The predicted octanol–water partition coefficient (Wildman–Crippen LogP) is 1.14. The fourth-order valence-electron chi connectivity index (χ4n) is 3.26. The average molecular weight is 365 g/mol. The number of imide groups is 1. The van der Waals surface area contributed by atoms with Crippen LogP contribution in [-0.2, 0) is 14.3 Å². The Kier molecular flexibility index (Phi) is 5.03. The average Bonchev–Trinajstić information content (AvgIpc) is 3.16. The van der Waals surface area contributed by atoms with Crippen LogP contribution in [0, 0.1) is 11.8 Å². The van der Waals surface area contributed by atoms with Crippen molar-refractivity contribution < 1.29 is 23.7 Å². The quantitative estimate of drug-likeness (QED) is 0.552. The first-order chi connectivity index (χ1) is 11.9. The van der Waals surface area contributed by atoms with Crippen LogP contribution in [0.3, 0.4) is 0 Å². The number of urea groups is 1. The van der Waals surface area contributed by atoms with Crippen molar-refractivity contribution in [2.45, 2.75) is 25.7 Å². The van der Waals surface area contributed by atoms with E-state index in [9.17, 15) is 14.4 Å². The van der Waals surface area contributed by atoms with Crippen LogP contribution in [0.25, 0.3) is 0 Å². The van der Waals surface area contributed by atoms with E-state index in [-0.39, 0.29) is 23.5 Å². The smallest absolute Gasteiger partial charge is 0.445 e. The number of ether oxygens (including phenoxy) is 1. The van der Waals surface area contributed by atoms with Crippen molar-refractivity contribution >= 4 is 46.4 Å². The summed E-state index contributed by atoms with van der Waals surface area (Å²) < 4.78 is 6.08. The first kappa shape index (κ1) is 17.8. The molecule has 0 saturated heterocycles. The number of carbonyl (C=O) groups is 3. The molecule has 3 rings (SSSR count). The third-order valence-electron chi connectivity index (χ3n) is 4.74. The summed E-state index contributed by atoms with van der Waals surface area (Å²) in [6, 6.07) is -0.412. The summed E-state index contributed by atoms with van der Waals surface area (Å²) in [6.07, 6.45) is 4.25. The van der Waals surface area contributed by atoms with Gasteiger partial charge in [-0.3, -0.25) is 9.59 Å². The van der Waals surface area contributed by atoms with Crippen LogP contribution in [0.2, 0.25) is 0 Å². The summed E-state index contributed by atoms with van der Waals surface area (Å²) in [5.41, 5.74) is 0. The van der Waals surface area contributed by atoms with E-state index in [0.29, 0.717) is 16.7 Å². The lowest BCUT2D eigenvalue weighted by atomic mass is 10.0. The molecule has 1 aliphatic carbocycles. The molecule has 3 amide bonds. The number of rotatable bonds is 3. The fourth-order valence-corrected chi connectivity index (χ4v) is 4.18. The summed E-state index contributed by atoms with van der Waals surface area (Å²) in [6.45, 7) is 0. The normalized spacial score (nSPS) is 24.3. The molecule has 2 heterocycles. The number of aliphatic imine (C=N–C) groups is 2. The molecule has 134 valence electrons. The van der Waals surface area contributed by atoms with Crippen molar-refractivity contribution in [1.82, 2.24) is 4.90 Å². The third kappa shape index (κ3) is 3.24. The largest absolute Gasteiger partial charge is 0.468 e. The maximum atomic E-state index is 12.6. The van der Waals surface area contributed by atoms with Crippen molar-refractivity contribution in [3.05, 3.63) is 0 Å². The molecule has 1 atom stereocenters. The minimum Gasteiger partial charge on any atom is -0.468 e. The van der Waals surface area contributed by atoms with Gasteiger partial charge in [0.25, 0.3) is 5.84 Å². The maximum Gasteiger partial charge on any atom is 0.445 e. The molecule has 0 N–H and O–H groups in total. The van der Waals surface area contributed by atoms with Crippen molar-refractivity contribution in [2.75, 3.05) is 27.0 Å². The zero-order valence-electron chi connectivity index (χ0n) is 14.5. The molecule has 9 heteroatoms. The summed E-state index contributed by atoms with van der Waals surface area (Å²) in [7, 11) is 4.37. The highest BCUT2D eigenvalue weighted by Gasteiger charge is 2.49. The highest BCUT2D eigenvalue weighted by Crippen LogP contribution is 2.32. The van der Waals surface area contributed by atoms with Crippen molar-refractivity contribution in [1.29, 1.82) is 0 Å². The van der Waals surface area contributed by atoms with Gasteiger partial charge in [-0.2, -0.15) is 9.48 Å². The molecule has 0 bridgehead atoms. The van der Waals surface area contributed by atoms with Crippen molar-refractivity contribution in [2.24, 2.45) is 21.8 Å². The van der Waals surface area contributed by atoms with Gasteiger partial charge in [-0.05, 0) is 12.8 Å². The molecule has 0 radical (unpaired) electrons. The molecule has 1 saturated carbocycles. The zero-order valence-corrected chi connectivity index (χ0v) is 15.3. The number of esters is 1. The van der Waals surface area contributed by atoms with Crippen LogP contribution in [0.4, 0.5) is 4.79 Å². The van der Waals surface area contributed by atoms with Gasteiger partial charge in [-0.15, -0.1) is 0 Å². The number of hydrogen-bond donors (Lipinski definition) is 0. The van der Waals surface area contributed by atoms with Gasteiger partial charge in [-0.25, -0.2) is 9.79 Å². The van der Waals surface area contributed by atoms with E-state index in [1.807, 2.05) is 0 Å². The molecular formula is C16H21N4O4S+. The van der Waals surface area contributed by atoms with Crippen molar-refractivity contribution in [3.8, 4) is 0 Å². The second-order valence-electron chi connectivity index (χ2n) is 6.30. The summed E-state index contributed by atoms with van der Waals surface area (Å²) in [5, 5.41) is 0.508. The van der Waals surface area contributed by atoms with Gasteiger partial charge in [0.15, 0.2) is 5.92 Å². The lowest BCUT2D eigenvalue weighted by Gasteiger charge is -2.27. The predicted molar refractivity (Wildman–Crippen MR) is 94.1 cm³/mol. The van der Waals surface area contributed by atoms with E-state index >= 15 is 0 Å². The van der Waals surface area contributed by atoms with Crippen LogP contribution >= 0.6 is 11.8 Å². The molecule has 0 spiro atoms. The molecule has 8 nitrogen and oxygen atoms in total. The molecule has 0 aromatic rings. The van der Waals surface area contributed by atoms with Gasteiger partial charge in [0.1, 0.15) is 5.04 Å². The summed E-state index contributed by atoms with van der Waals surface area (Å²) in [4.78, 5) is 46.7. The molecule has 1 unspecified atom stereocenters. The van der Waals surface area contributed by atoms with Crippen LogP contribution in [0.1, 0.15) is 25.7 Å². The molecule has 25 heavy (non-hydrogen) atoms. The number of thioether (sulfide) groups is 1. The van der Waals surface area contributed by atoms with Crippen molar-refractivity contribution in [3.63, 3.8) is 0 Å². The Morgan fingerprint density at radius 1 is 1.32 bits per heavy atom. The maximum absolute atomic E-state index is 12.6. The minimum atomic E-state index is -0.743. The SMILES string of the molecule is COC(=O)CSC1=NC(C2CCCC2)=NC2=[N+](C)C(=O)N(C)C(=O)C12. The number of nitrogens with zero attached hydrogens (tertiary/aromatic N) is 4. The molecular weight excluding hydrogens is 344 g/mol. The van der Waals surface area contributed by atoms with E-state index < -0.39 is 11.9 Å². The molecule has 2 aliphatic heterocycles. The summed E-state index contributed by atoms with van der Waals surface area (Å²) in [5.74, 6) is -0.145. The van der Waals surface area contributed by atoms with Crippen LogP contribution in [0.5, 0.6) is 0 Å². The Morgan fingerprint density at radius 2 is 2.00 bits per heavy atom. The highest BCUT2D eigenvalue weighted by molar-refractivity contribution is 8.14. The lowest BCUT2D eigenvalue weighted by Crippen LogP contribution is -2.55. The highest BCUT2D eigenvalue weighted by atomic mass is 32.2. The third-order valence-corrected chi connectivity index (χ3v) is 5.74. The molecule has 0 aromatic heterocycles.